The number of nitrogens with zero attached hydrogens (tertiary/aromatic N) is 2. The molecule has 1 unspecified atom stereocenters. The summed E-state index contributed by atoms with van der Waals surface area (Å²) >= 11 is 0. The Labute approximate surface area is 208 Å². The normalized spacial score (nSPS) is 22.3. The predicted octanol–water partition coefficient (Wildman–Crippen LogP) is 3.27. The van der Waals surface area contributed by atoms with Crippen LogP contribution in [-0.2, 0) is 19.1 Å². The molecule has 0 spiro atoms. The average molecular weight is 486 g/mol. The fraction of sp³-hybridized carbons (Fsp3) is 0.667. The van der Waals surface area contributed by atoms with Crippen molar-refractivity contribution in [2.24, 2.45) is 17.1 Å². The van der Waals surface area contributed by atoms with Crippen LogP contribution in [0.1, 0.15) is 64.2 Å². The van der Waals surface area contributed by atoms with Gasteiger partial charge in [-0.2, -0.15) is 0 Å². The maximum atomic E-state index is 13.6. The molecule has 3 aliphatic rings. The Balaban J connectivity index is 1.51. The van der Waals surface area contributed by atoms with Crippen LogP contribution in [-0.4, -0.2) is 62.1 Å². The molecule has 1 heterocycles. The average Bonchev–Trinajstić information content (AvgIpc) is 2.90. The number of hydrogen-bond acceptors (Lipinski definition) is 7. The van der Waals surface area contributed by atoms with Crippen LogP contribution in [0.4, 0.5) is 5.69 Å². The van der Waals surface area contributed by atoms with Gasteiger partial charge in [0, 0.05) is 26.2 Å². The number of para-hydroxylation sites is 2. The van der Waals surface area contributed by atoms with E-state index in [2.05, 4.69) is 4.90 Å². The lowest BCUT2D eigenvalue weighted by atomic mass is 9.68. The maximum absolute atomic E-state index is 13.6. The Morgan fingerprint density at radius 1 is 0.943 bits per heavy atom. The largest absolute Gasteiger partial charge is 0.495 e. The number of carbonyl (C=O) groups is 3. The van der Waals surface area contributed by atoms with Gasteiger partial charge in [-0.05, 0) is 37.8 Å². The number of carbonyl (C=O) groups excluding carboxylic acids is 3. The zero-order valence-electron chi connectivity index (χ0n) is 20.9. The molecule has 2 aliphatic carbocycles. The molecular formula is C27H39N3O5. The molecule has 35 heavy (non-hydrogen) atoms. The molecule has 1 aromatic carbocycles. The second kappa shape index (κ2) is 11.4. The van der Waals surface area contributed by atoms with Gasteiger partial charge >= 0.3 is 11.9 Å². The monoisotopic (exact) mass is 485 g/mol. The summed E-state index contributed by atoms with van der Waals surface area (Å²) in [5.74, 6) is -0.905. The molecule has 0 aromatic heterocycles. The van der Waals surface area contributed by atoms with Crippen LogP contribution >= 0.6 is 0 Å². The molecule has 0 radical (unpaired) electrons. The van der Waals surface area contributed by atoms with Gasteiger partial charge < -0.3 is 20.1 Å². The molecule has 1 aliphatic heterocycles. The van der Waals surface area contributed by atoms with Gasteiger partial charge in [0.25, 0.3) is 0 Å². The van der Waals surface area contributed by atoms with Crippen molar-refractivity contribution >= 4 is 23.5 Å². The molecule has 1 aromatic rings. The number of methoxy groups -OCH3 is 1. The number of hydrogen-bond donors (Lipinski definition) is 1. The summed E-state index contributed by atoms with van der Waals surface area (Å²) in [4.78, 5) is 43.6. The fourth-order valence-electron chi connectivity index (χ4n) is 6.30. The summed E-state index contributed by atoms with van der Waals surface area (Å²) in [6.45, 7) is 2.51. The van der Waals surface area contributed by atoms with Crippen molar-refractivity contribution in [3.8, 4) is 5.75 Å². The number of ether oxygens (including phenoxy) is 2. The molecule has 2 N–H and O–H groups in total. The highest BCUT2D eigenvalue weighted by Crippen LogP contribution is 2.43. The molecule has 0 bridgehead atoms. The lowest BCUT2D eigenvalue weighted by molar-refractivity contribution is -0.177. The fourth-order valence-corrected chi connectivity index (χ4v) is 6.30. The quantitative estimate of drug-likeness (QED) is 0.467. The summed E-state index contributed by atoms with van der Waals surface area (Å²) in [6, 6.07) is 7.09. The van der Waals surface area contributed by atoms with E-state index in [0.29, 0.717) is 39.0 Å². The highest BCUT2D eigenvalue weighted by molar-refractivity contribution is 5.95. The summed E-state index contributed by atoms with van der Waals surface area (Å²) in [5, 5.41) is 0. The third-order valence-corrected chi connectivity index (χ3v) is 8.18. The van der Waals surface area contributed by atoms with Gasteiger partial charge in [-0.1, -0.05) is 50.7 Å². The van der Waals surface area contributed by atoms with Crippen molar-refractivity contribution in [2.75, 3.05) is 38.2 Å². The Morgan fingerprint density at radius 2 is 1.57 bits per heavy atom. The number of nitrogens with two attached hydrogens (primary N) is 1. The van der Waals surface area contributed by atoms with Crippen LogP contribution < -0.4 is 15.4 Å². The van der Waals surface area contributed by atoms with E-state index in [0.717, 1.165) is 62.8 Å². The topological polar surface area (TPSA) is 102 Å². The van der Waals surface area contributed by atoms with E-state index in [1.54, 1.807) is 7.11 Å². The third kappa shape index (κ3) is 5.47. The number of anilines is 1. The van der Waals surface area contributed by atoms with Crippen LogP contribution in [0.3, 0.4) is 0 Å². The molecule has 2 saturated carbocycles. The maximum Gasteiger partial charge on any atom is 0.321 e. The molecule has 8 heteroatoms. The molecule has 3 fully saturated rings. The summed E-state index contributed by atoms with van der Waals surface area (Å²) in [6.07, 6.45) is 8.29. The minimum absolute atomic E-state index is 0.218. The van der Waals surface area contributed by atoms with E-state index in [-0.39, 0.29) is 5.92 Å². The number of benzene rings is 1. The van der Waals surface area contributed by atoms with Crippen molar-refractivity contribution in [3.05, 3.63) is 24.3 Å². The number of amides is 1. The predicted molar refractivity (Wildman–Crippen MR) is 133 cm³/mol. The van der Waals surface area contributed by atoms with Gasteiger partial charge in [-0.15, -0.1) is 0 Å². The number of piperazine rings is 1. The Bertz CT molecular complexity index is 900. The zero-order chi connectivity index (χ0) is 24.8. The van der Waals surface area contributed by atoms with E-state index in [1.165, 1.54) is 0 Å². The van der Waals surface area contributed by atoms with E-state index >= 15 is 0 Å². The lowest BCUT2D eigenvalue weighted by Crippen LogP contribution is -2.63. The van der Waals surface area contributed by atoms with Crippen molar-refractivity contribution in [2.45, 2.75) is 70.3 Å². The molecular weight excluding hydrogens is 446 g/mol. The summed E-state index contributed by atoms with van der Waals surface area (Å²) in [7, 11) is 1.66. The molecule has 1 saturated heterocycles. The summed E-state index contributed by atoms with van der Waals surface area (Å²) in [5.41, 5.74) is 5.92. The van der Waals surface area contributed by atoms with Crippen molar-refractivity contribution < 1.29 is 23.9 Å². The third-order valence-electron chi connectivity index (χ3n) is 8.18. The van der Waals surface area contributed by atoms with Gasteiger partial charge in [0.1, 0.15) is 11.8 Å². The van der Waals surface area contributed by atoms with Crippen LogP contribution in [0.15, 0.2) is 24.3 Å². The molecule has 192 valence electrons. The van der Waals surface area contributed by atoms with Crippen LogP contribution in [0.25, 0.3) is 0 Å². The molecule has 8 nitrogen and oxygen atoms in total. The highest BCUT2D eigenvalue weighted by atomic mass is 16.6. The Kier molecular flexibility index (Phi) is 8.31. The van der Waals surface area contributed by atoms with E-state index < -0.39 is 29.3 Å². The first-order valence-electron chi connectivity index (χ1n) is 13.1. The molecule has 1 amide bonds. The lowest BCUT2D eigenvalue weighted by Gasteiger charge is -2.47. The van der Waals surface area contributed by atoms with Crippen LogP contribution in [0, 0.1) is 11.3 Å². The highest BCUT2D eigenvalue weighted by Gasteiger charge is 2.53. The first-order valence-corrected chi connectivity index (χ1v) is 13.1. The second-order valence-corrected chi connectivity index (χ2v) is 10.3. The minimum Gasteiger partial charge on any atom is -0.495 e. The number of esters is 2. The van der Waals surface area contributed by atoms with Crippen molar-refractivity contribution in [1.82, 2.24) is 4.90 Å². The van der Waals surface area contributed by atoms with Crippen molar-refractivity contribution in [1.29, 1.82) is 0 Å². The van der Waals surface area contributed by atoms with Crippen LogP contribution in [0.5, 0.6) is 5.75 Å². The number of primary amides is 1. The van der Waals surface area contributed by atoms with E-state index in [9.17, 15) is 14.4 Å². The van der Waals surface area contributed by atoms with Gasteiger partial charge in [0.15, 0.2) is 0 Å². The first kappa shape index (κ1) is 25.5. The Hall–Kier alpha value is -2.61. The summed E-state index contributed by atoms with van der Waals surface area (Å²) < 4.78 is 11.1. The van der Waals surface area contributed by atoms with Gasteiger partial charge in [0.05, 0.1) is 24.1 Å². The van der Waals surface area contributed by atoms with Gasteiger partial charge in [0.2, 0.25) is 5.91 Å². The molecule has 1 atom stereocenters. The number of rotatable bonds is 7. The smallest absolute Gasteiger partial charge is 0.321 e. The van der Waals surface area contributed by atoms with Gasteiger partial charge in [-0.3, -0.25) is 19.3 Å². The molecule has 4 rings (SSSR count). The zero-order valence-corrected chi connectivity index (χ0v) is 20.9. The second-order valence-electron chi connectivity index (χ2n) is 10.3. The minimum atomic E-state index is -1.07. The van der Waals surface area contributed by atoms with Crippen molar-refractivity contribution in [3.63, 3.8) is 0 Å². The van der Waals surface area contributed by atoms with Gasteiger partial charge in [-0.25, -0.2) is 0 Å². The standard InChI is InChI=1S/C27H39N3O5/c1-34-22-13-7-6-12-21(22)29-16-18-30(19-17-29)23(24(28)31)27(14-8-3-9-15-27)26(33)35-25(32)20-10-4-2-5-11-20/h6-7,12-13,20,23H,2-5,8-11,14-19H2,1H3,(H2,28,31). The first-order chi connectivity index (χ1) is 17.0. The van der Waals surface area contributed by atoms with Crippen LogP contribution in [0.2, 0.25) is 0 Å². The van der Waals surface area contributed by atoms with E-state index in [4.69, 9.17) is 15.2 Å². The SMILES string of the molecule is COc1ccccc1N1CCN(C(C(N)=O)C2(C(=O)OC(=O)C3CCCCC3)CCCCC2)CC1. The Morgan fingerprint density at radius 3 is 2.20 bits per heavy atom. The van der Waals surface area contributed by atoms with E-state index in [1.807, 2.05) is 29.2 Å².